The Bertz CT molecular complexity index is 676. The third kappa shape index (κ3) is 4.48. The summed E-state index contributed by atoms with van der Waals surface area (Å²) < 4.78 is 0. The minimum Gasteiger partial charge on any atom is -0.350 e. The first kappa shape index (κ1) is 16.4. The van der Waals surface area contributed by atoms with Crippen molar-refractivity contribution in [3.8, 4) is 0 Å². The average molecular weight is 364 g/mol. The molecule has 1 aromatic heterocycles. The summed E-state index contributed by atoms with van der Waals surface area (Å²) in [5.74, 6) is -0.382. The zero-order chi connectivity index (χ0) is 15.4. The van der Waals surface area contributed by atoms with Crippen molar-refractivity contribution in [2.24, 2.45) is 0 Å². The van der Waals surface area contributed by atoms with Gasteiger partial charge < -0.3 is 5.32 Å². The van der Waals surface area contributed by atoms with Crippen LogP contribution in [-0.4, -0.2) is 17.4 Å². The van der Waals surface area contributed by atoms with E-state index in [1.807, 2.05) is 6.07 Å². The molecule has 7 heteroatoms. The Kier molecular flexibility index (Phi) is 5.71. The summed E-state index contributed by atoms with van der Waals surface area (Å²) in [5.41, 5.74) is 0.998. The van der Waals surface area contributed by atoms with Crippen molar-refractivity contribution < 1.29 is 4.79 Å². The molecular formula is C14H10Cl4N2O. The molecule has 0 aliphatic heterocycles. The highest BCUT2D eigenvalue weighted by atomic mass is 35.5. The average Bonchev–Trinajstić information content (AvgIpc) is 2.43. The Hall–Kier alpha value is -1.000. The van der Waals surface area contributed by atoms with Crippen LogP contribution >= 0.6 is 46.4 Å². The molecule has 2 rings (SSSR count). The fraction of sp³-hybridized carbons (Fsp3) is 0.143. The van der Waals surface area contributed by atoms with E-state index in [0.29, 0.717) is 23.0 Å². The second-order valence-electron chi connectivity index (χ2n) is 4.21. The van der Waals surface area contributed by atoms with Crippen LogP contribution in [0.15, 0.2) is 30.3 Å². The van der Waals surface area contributed by atoms with Crippen molar-refractivity contribution in [1.82, 2.24) is 10.3 Å². The first-order valence-electron chi connectivity index (χ1n) is 6.01. The van der Waals surface area contributed by atoms with Gasteiger partial charge in [-0.05, 0) is 36.2 Å². The van der Waals surface area contributed by atoms with Gasteiger partial charge in [0, 0.05) is 16.6 Å². The lowest BCUT2D eigenvalue weighted by Crippen LogP contribution is -2.27. The van der Waals surface area contributed by atoms with Crippen LogP contribution in [0, 0.1) is 0 Å². The van der Waals surface area contributed by atoms with E-state index in [2.05, 4.69) is 10.3 Å². The van der Waals surface area contributed by atoms with Gasteiger partial charge >= 0.3 is 0 Å². The first-order chi connectivity index (χ1) is 9.97. The van der Waals surface area contributed by atoms with Crippen molar-refractivity contribution in [2.45, 2.75) is 6.42 Å². The smallest absolute Gasteiger partial charge is 0.271 e. The molecule has 21 heavy (non-hydrogen) atoms. The van der Waals surface area contributed by atoms with E-state index in [4.69, 9.17) is 46.4 Å². The molecule has 0 spiro atoms. The zero-order valence-electron chi connectivity index (χ0n) is 10.7. The van der Waals surface area contributed by atoms with Gasteiger partial charge in [0.2, 0.25) is 0 Å². The SMILES string of the molecule is O=C(NCCc1ccc(Cl)cc1Cl)c1nc(Cl)ccc1Cl. The molecule has 1 aromatic carbocycles. The van der Waals surface area contributed by atoms with Crippen LogP contribution in [0.1, 0.15) is 16.1 Å². The van der Waals surface area contributed by atoms with Gasteiger partial charge in [0.1, 0.15) is 10.8 Å². The van der Waals surface area contributed by atoms with E-state index in [9.17, 15) is 4.79 Å². The van der Waals surface area contributed by atoms with Gasteiger partial charge in [-0.3, -0.25) is 4.79 Å². The first-order valence-corrected chi connectivity index (χ1v) is 7.52. The van der Waals surface area contributed by atoms with Gasteiger partial charge in [0.15, 0.2) is 0 Å². The quantitative estimate of drug-likeness (QED) is 0.802. The molecular weight excluding hydrogens is 354 g/mol. The second kappa shape index (κ2) is 7.32. The molecule has 0 saturated carbocycles. The lowest BCUT2D eigenvalue weighted by atomic mass is 10.1. The van der Waals surface area contributed by atoms with Crippen molar-refractivity contribution in [3.05, 3.63) is 61.8 Å². The van der Waals surface area contributed by atoms with Gasteiger partial charge in [0.05, 0.1) is 5.02 Å². The normalized spacial score (nSPS) is 10.5. The number of nitrogens with one attached hydrogen (secondary N) is 1. The van der Waals surface area contributed by atoms with Crippen LogP contribution in [0.2, 0.25) is 20.2 Å². The van der Waals surface area contributed by atoms with Crippen molar-refractivity contribution in [2.75, 3.05) is 6.54 Å². The van der Waals surface area contributed by atoms with Crippen LogP contribution in [0.25, 0.3) is 0 Å². The molecule has 0 unspecified atom stereocenters. The Morgan fingerprint density at radius 1 is 1.05 bits per heavy atom. The summed E-state index contributed by atoms with van der Waals surface area (Å²) in [6, 6.07) is 8.28. The maximum atomic E-state index is 12.0. The van der Waals surface area contributed by atoms with E-state index < -0.39 is 0 Å². The highest BCUT2D eigenvalue weighted by Gasteiger charge is 2.12. The Morgan fingerprint density at radius 2 is 1.81 bits per heavy atom. The Balaban J connectivity index is 1.97. The predicted molar refractivity (Wildman–Crippen MR) is 86.8 cm³/mol. The molecule has 2 aromatic rings. The number of pyridine rings is 1. The van der Waals surface area contributed by atoms with E-state index >= 15 is 0 Å². The van der Waals surface area contributed by atoms with Crippen LogP contribution in [0.4, 0.5) is 0 Å². The van der Waals surface area contributed by atoms with Gasteiger partial charge in [-0.25, -0.2) is 4.98 Å². The lowest BCUT2D eigenvalue weighted by Gasteiger charge is -2.08. The number of hydrogen-bond donors (Lipinski definition) is 1. The Labute approximate surface area is 142 Å². The second-order valence-corrected chi connectivity index (χ2v) is 5.84. The highest BCUT2D eigenvalue weighted by Crippen LogP contribution is 2.21. The Morgan fingerprint density at radius 3 is 2.52 bits per heavy atom. The molecule has 1 heterocycles. The number of carbonyl (C=O) groups excluding carboxylic acids is 1. The molecule has 0 bridgehead atoms. The van der Waals surface area contributed by atoms with Crippen LogP contribution in [-0.2, 0) is 6.42 Å². The molecule has 1 N–H and O–H groups in total. The largest absolute Gasteiger partial charge is 0.350 e. The summed E-state index contributed by atoms with van der Waals surface area (Å²) in [6.07, 6.45) is 0.569. The molecule has 110 valence electrons. The minimum atomic E-state index is -0.382. The number of aromatic nitrogens is 1. The third-order valence-electron chi connectivity index (χ3n) is 2.72. The number of rotatable bonds is 4. The van der Waals surface area contributed by atoms with Crippen molar-refractivity contribution in [3.63, 3.8) is 0 Å². The fourth-order valence-electron chi connectivity index (χ4n) is 1.70. The summed E-state index contributed by atoms with van der Waals surface area (Å²) in [5, 5.41) is 4.32. The molecule has 3 nitrogen and oxygen atoms in total. The van der Waals surface area contributed by atoms with Crippen LogP contribution in [0.3, 0.4) is 0 Å². The minimum absolute atomic E-state index is 0.103. The van der Waals surface area contributed by atoms with E-state index in [1.54, 1.807) is 12.1 Å². The van der Waals surface area contributed by atoms with Gasteiger partial charge in [-0.1, -0.05) is 52.5 Å². The monoisotopic (exact) mass is 362 g/mol. The van der Waals surface area contributed by atoms with Gasteiger partial charge in [-0.2, -0.15) is 0 Å². The van der Waals surface area contributed by atoms with Crippen molar-refractivity contribution >= 4 is 52.3 Å². The van der Waals surface area contributed by atoms with Crippen molar-refractivity contribution in [1.29, 1.82) is 0 Å². The summed E-state index contributed by atoms with van der Waals surface area (Å²) in [6.45, 7) is 0.394. The summed E-state index contributed by atoms with van der Waals surface area (Å²) >= 11 is 23.5. The maximum Gasteiger partial charge on any atom is 0.271 e. The highest BCUT2D eigenvalue weighted by molar-refractivity contribution is 6.35. The molecule has 0 aliphatic rings. The molecule has 0 saturated heterocycles. The number of carbonyl (C=O) groups is 1. The summed E-state index contributed by atoms with van der Waals surface area (Å²) in [4.78, 5) is 15.9. The standard InChI is InChI=1S/C14H10Cl4N2O/c15-9-2-1-8(11(17)7-9)5-6-19-14(21)13-10(16)3-4-12(18)20-13/h1-4,7H,5-6H2,(H,19,21). The lowest BCUT2D eigenvalue weighted by molar-refractivity contribution is 0.0949. The number of hydrogen-bond acceptors (Lipinski definition) is 2. The number of benzene rings is 1. The molecule has 0 fully saturated rings. The zero-order valence-corrected chi connectivity index (χ0v) is 13.7. The molecule has 0 aliphatic carbocycles. The molecule has 0 atom stereocenters. The van der Waals surface area contributed by atoms with Crippen LogP contribution in [0.5, 0.6) is 0 Å². The summed E-state index contributed by atoms with van der Waals surface area (Å²) in [7, 11) is 0. The van der Waals surface area contributed by atoms with Crippen LogP contribution < -0.4 is 5.32 Å². The predicted octanol–water partition coefficient (Wildman–Crippen LogP) is 4.67. The van der Waals surface area contributed by atoms with Gasteiger partial charge in [-0.15, -0.1) is 0 Å². The number of nitrogens with zero attached hydrogens (tertiary/aromatic N) is 1. The molecule has 0 radical (unpaired) electrons. The van der Waals surface area contributed by atoms with Gasteiger partial charge in [0.25, 0.3) is 5.91 Å². The fourth-order valence-corrected chi connectivity index (χ4v) is 2.54. The molecule has 1 amide bonds. The maximum absolute atomic E-state index is 12.0. The number of halogens is 4. The van der Waals surface area contributed by atoms with E-state index in [0.717, 1.165) is 5.56 Å². The van der Waals surface area contributed by atoms with E-state index in [1.165, 1.54) is 12.1 Å². The van der Waals surface area contributed by atoms with E-state index in [-0.39, 0.29) is 21.8 Å². The topological polar surface area (TPSA) is 42.0 Å². The number of amides is 1. The third-order valence-corrected chi connectivity index (χ3v) is 3.82.